The fourth-order valence-electron chi connectivity index (χ4n) is 1.80. The zero-order chi connectivity index (χ0) is 15.8. The first-order chi connectivity index (χ1) is 9.70. The molecule has 0 atom stereocenters. The van der Waals surface area contributed by atoms with Gasteiger partial charge in [0.25, 0.3) is 10.0 Å². The highest BCUT2D eigenvalue weighted by atomic mass is 35.5. The van der Waals surface area contributed by atoms with E-state index in [1.165, 1.54) is 12.1 Å². The fourth-order valence-corrected chi connectivity index (χ4v) is 4.15. The van der Waals surface area contributed by atoms with Gasteiger partial charge in [0.15, 0.2) is 0 Å². The van der Waals surface area contributed by atoms with Gasteiger partial charge in [0.1, 0.15) is 4.90 Å². The van der Waals surface area contributed by atoms with E-state index < -0.39 is 10.0 Å². The lowest BCUT2D eigenvalue weighted by atomic mass is 10.2. The Morgan fingerprint density at radius 1 is 1.05 bits per heavy atom. The predicted molar refractivity (Wildman–Crippen MR) is 87.9 cm³/mol. The molecule has 0 fully saturated rings. The molecule has 3 N–H and O–H groups in total. The number of aryl methyl sites for hydroxylation is 1. The van der Waals surface area contributed by atoms with Crippen LogP contribution in [0.4, 0.5) is 11.4 Å². The molecule has 2 rings (SSSR count). The Morgan fingerprint density at radius 3 is 2.29 bits per heavy atom. The standard InChI is InChI=1S/C13H11Cl3N2O2S/c1-7-4-8(14)2-3-12(7)18-21(19,20)13-10(16)5-9(15)6-11(13)17/h2-6,18H,17H2,1H3. The van der Waals surface area contributed by atoms with Gasteiger partial charge in [-0.15, -0.1) is 0 Å². The van der Waals surface area contributed by atoms with Crippen LogP contribution in [0.3, 0.4) is 0 Å². The number of nitrogens with two attached hydrogens (primary N) is 1. The van der Waals surface area contributed by atoms with Crippen LogP contribution in [0.15, 0.2) is 35.2 Å². The van der Waals surface area contributed by atoms with E-state index >= 15 is 0 Å². The zero-order valence-electron chi connectivity index (χ0n) is 10.8. The van der Waals surface area contributed by atoms with Gasteiger partial charge in [-0.25, -0.2) is 8.42 Å². The Kier molecular flexibility index (Phi) is 4.58. The highest BCUT2D eigenvalue weighted by molar-refractivity contribution is 7.93. The quantitative estimate of drug-likeness (QED) is 0.795. The fraction of sp³-hybridized carbons (Fsp3) is 0.0769. The van der Waals surface area contributed by atoms with Crippen LogP contribution < -0.4 is 10.5 Å². The summed E-state index contributed by atoms with van der Waals surface area (Å²) < 4.78 is 27.3. The molecular weight excluding hydrogens is 355 g/mol. The molecule has 0 saturated carbocycles. The third-order valence-corrected chi connectivity index (χ3v) is 5.08. The Labute approximate surface area is 137 Å². The van der Waals surface area contributed by atoms with E-state index in [4.69, 9.17) is 40.5 Å². The second-order valence-electron chi connectivity index (χ2n) is 4.37. The van der Waals surface area contributed by atoms with Gasteiger partial charge in [-0.2, -0.15) is 0 Å². The number of halogens is 3. The van der Waals surface area contributed by atoms with Crippen molar-refractivity contribution in [2.24, 2.45) is 0 Å². The smallest absolute Gasteiger partial charge is 0.265 e. The maximum Gasteiger partial charge on any atom is 0.265 e. The highest BCUT2D eigenvalue weighted by Crippen LogP contribution is 2.33. The van der Waals surface area contributed by atoms with Gasteiger partial charge in [0.05, 0.1) is 16.4 Å². The molecule has 4 nitrogen and oxygen atoms in total. The van der Waals surface area contributed by atoms with E-state index in [-0.39, 0.29) is 20.6 Å². The number of nitrogens with one attached hydrogen (secondary N) is 1. The lowest BCUT2D eigenvalue weighted by Gasteiger charge is -2.13. The number of nitrogen functional groups attached to an aromatic ring is 1. The Morgan fingerprint density at radius 2 is 1.71 bits per heavy atom. The van der Waals surface area contributed by atoms with Crippen LogP contribution in [0.1, 0.15) is 5.56 Å². The van der Waals surface area contributed by atoms with Crippen molar-refractivity contribution in [2.75, 3.05) is 10.5 Å². The number of hydrogen-bond donors (Lipinski definition) is 2. The molecule has 0 aliphatic carbocycles. The molecule has 2 aromatic rings. The van der Waals surface area contributed by atoms with Gasteiger partial charge in [-0.1, -0.05) is 34.8 Å². The molecule has 0 bridgehead atoms. The van der Waals surface area contributed by atoms with Gasteiger partial charge in [-0.3, -0.25) is 4.72 Å². The van der Waals surface area contributed by atoms with Crippen LogP contribution in [0.5, 0.6) is 0 Å². The van der Waals surface area contributed by atoms with Gasteiger partial charge >= 0.3 is 0 Å². The van der Waals surface area contributed by atoms with Crippen LogP contribution in [-0.2, 0) is 10.0 Å². The minimum absolute atomic E-state index is 0.0217. The third kappa shape index (κ3) is 3.55. The molecule has 0 radical (unpaired) electrons. The molecule has 112 valence electrons. The molecule has 0 spiro atoms. The van der Waals surface area contributed by atoms with E-state index in [1.54, 1.807) is 25.1 Å². The lowest BCUT2D eigenvalue weighted by Crippen LogP contribution is -2.16. The normalized spacial score (nSPS) is 11.4. The van der Waals surface area contributed by atoms with Crippen LogP contribution in [0, 0.1) is 6.92 Å². The Hall–Kier alpha value is -1.14. The van der Waals surface area contributed by atoms with E-state index in [9.17, 15) is 8.42 Å². The SMILES string of the molecule is Cc1cc(Cl)ccc1NS(=O)(=O)c1c(N)cc(Cl)cc1Cl. The molecule has 0 aliphatic heterocycles. The van der Waals surface area contributed by atoms with E-state index in [0.29, 0.717) is 16.3 Å². The summed E-state index contributed by atoms with van der Waals surface area (Å²) in [5.74, 6) is 0. The van der Waals surface area contributed by atoms with Crippen molar-refractivity contribution in [2.45, 2.75) is 11.8 Å². The van der Waals surface area contributed by atoms with Crippen molar-refractivity contribution < 1.29 is 8.42 Å². The molecule has 0 unspecified atom stereocenters. The lowest BCUT2D eigenvalue weighted by molar-refractivity contribution is 0.601. The number of hydrogen-bond acceptors (Lipinski definition) is 3. The molecule has 0 heterocycles. The summed E-state index contributed by atoms with van der Waals surface area (Å²) in [7, 11) is -3.94. The van der Waals surface area contributed by atoms with Crippen molar-refractivity contribution in [1.82, 2.24) is 0 Å². The average molecular weight is 366 g/mol. The number of anilines is 2. The third-order valence-electron chi connectivity index (χ3n) is 2.74. The Balaban J connectivity index is 2.48. The molecule has 0 saturated heterocycles. The first kappa shape index (κ1) is 16.2. The summed E-state index contributed by atoms with van der Waals surface area (Å²) in [6.45, 7) is 1.73. The molecule has 0 amide bonds. The topological polar surface area (TPSA) is 72.2 Å². The number of benzene rings is 2. The van der Waals surface area contributed by atoms with Crippen LogP contribution >= 0.6 is 34.8 Å². The van der Waals surface area contributed by atoms with Crippen molar-refractivity contribution in [3.05, 3.63) is 51.0 Å². The molecule has 8 heteroatoms. The minimum Gasteiger partial charge on any atom is -0.398 e. The first-order valence-electron chi connectivity index (χ1n) is 5.74. The van der Waals surface area contributed by atoms with Crippen LogP contribution in [0.25, 0.3) is 0 Å². The van der Waals surface area contributed by atoms with Gasteiger partial charge in [0, 0.05) is 10.0 Å². The van der Waals surface area contributed by atoms with E-state index in [1.807, 2.05) is 0 Å². The summed E-state index contributed by atoms with van der Waals surface area (Å²) in [5, 5.41) is 0.734. The second kappa shape index (κ2) is 5.93. The first-order valence-corrected chi connectivity index (χ1v) is 8.36. The summed E-state index contributed by atoms with van der Waals surface area (Å²) in [5.41, 5.74) is 6.76. The maximum atomic E-state index is 12.4. The van der Waals surface area contributed by atoms with Gasteiger partial charge < -0.3 is 5.73 Å². The van der Waals surface area contributed by atoms with Crippen LogP contribution in [-0.4, -0.2) is 8.42 Å². The van der Waals surface area contributed by atoms with Gasteiger partial charge in [-0.05, 0) is 42.8 Å². The highest BCUT2D eigenvalue weighted by Gasteiger charge is 2.22. The van der Waals surface area contributed by atoms with Crippen molar-refractivity contribution in [1.29, 1.82) is 0 Å². The van der Waals surface area contributed by atoms with E-state index in [2.05, 4.69) is 4.72 Å². The second-order valence-corrected chi connectivity index (χ2v) is 7.27. The molecule has 0 aliphatic rings. The Bertz CT molecular complexity index is 784. The van der Waals surface area contributed by atoms with Crippen LogP contribution in [0.2, 0.25) is 15.1 Å². The average Bonchev–Trinajstić information content (AvgIpc) is 2.30. The van der Waals surface area contributed by atoms with Crippen molar-refractivity contribution >= 4 is 56.2 Å². The summed E-state index contributed by atoms with van der Waals surface area (Å²) in [4.78, 5) is -0.206. The maximum absolute atomic E-state index is 12.4. The molecule has 21 heavy (non-hydrogen) atoms. The molecule has 2 aromatic carbocycles. The summed E-state index contributed by atoms with van der Waals surface area (Å²) in [6, 6.07) is 7.44. The number of sulfonamides is 1. The largest absolute Gasteiger partial charge is 0.398 e. The van der Waals surface area contributed by atoms with Gasteiger partial charge in [0.2, 0.25) is 0 Å². The van der Waals surface area contributed by atoms with Crippen molar-refractivity contribution in [3.63, 3.8) is 0 Å². The van der Waals surface area contributed by atoms with E-state index in [0.717, 1.165) is 0 Å². The minimum atomic E-state index is -3.94. The van der Waals surface area contributed by atoms with Crippen molar-refractivity contribution in [3.8, 4) is 0 Å². The summed E-state index contributed by atoms with van der Waals surface area (Å²) >= 11 is 17.6. The number of rotatable bonds is 3. The predicted octanol–water partition coefficient (Wildman–Crippen LogP) is 4.34. The zero-order valence-corrected chi connectivity index (χ0v) is 13.9. The summed E-state index contributed by atoms with van der Waals surface area (Å²) in [6.07, 6.45) is 0. The molecule has 0 aromatic heterocycles. The molecular formula is C13H11Cl3N2O2S. The monoisotopic (exact) mass is 364 g/mol.